The van der Waals surface area contributed by atoms with Crippen molar-refractivity contribution in [2.45, 2.75) is 77.2 Å². The fourth-order valence-electron chi connectivity index (χ4n) is 7.65. The molecule has 0 heterocycles. The first-order chi connectivity index (χ1) is 13.2. The van der Waals surface area contributed by atoms with Crippen LogP contribution in [0.3, 0.4) is 0 Å². The van der Waals surface area contributed by atoms with E-state index in [1.165, 1.54) is 5.57 Å². The Morgan fingerprint density at radius 2 is 2.00 bits per heavy atom. The molecule has 4 rings (SSSR count). The second kappa shape index (κ2) is 6.83. The number of aliphatic hydroxyl groups is 1. The first-order valence-corrected chi connectivity index (χ1v) is 11.0. The number of allylic oxidation sites excluding steroid dienone is 1. The van der Waals surface area contributed by atoms with E-state index < -0.39 is 11.6 Å². The third kappa shape index (κ3) is 2.82. The first kappa shape index (κ1) is 19.9. The van der Waals surface area contributed by atoms with E-state index >= 15 is 0 Å². The zero-order valence-electron chi connectivity index (χ0n) is 17.2. The largest absolute Gasteiger partial charge is 0.481 e. The van der Waals surface area contributed by atoms with Crippen molar-refractivity contribution in [3.8, 4) is 0 Å². The molecular formula is C24H34O4. The fraction of sp³-hybridized carbons (Fsp3) is 0.750. The quantitative estimate of drug-likeness (QED) is 0.696. The Hall–Kier alpha value is -1.42. The third-order valence-corrected chi connectivity index (χ3v) is 9.02. The number of carboxylic acids is 1. The number of hydrogen-bond acceptors (Lipinski definition) is 3. The van der Waals surface area contributed by atoms with Crippen molar-refractivity contribution in [3.63, 3.8) is 0 Å². The molecule has 0 amide bonds. The summed E-state index contributed by atoms with van der Waals surface area (Å²) in [7, 11) is 0. The molecule has 154 valence electrons. The number of rotatable bonds is 4. The summed E-state index contributed by atoms with van der Waals surface area (Å²) in [5.41, 5.74) is 0.929. The summed E-state index contributed by atoms with van der Waals surface area (Å²) in [5, 5.41) is 20.8. The van der Waals surface area contributed by atoms with Gasteiger partial charge in [0.25, 0.3) is 0 Å². The van der Waals surface area contributed by atoms with Crippen molar-refractivity contribution in [2.24, 2.45) is 35.0 Å². The lowest BCUT2D eigenvalue weighted by atomic mass is 9.48. The van der Waals surface area contributed by atoms with Crippen LogP contribution >= 0.6 is 0 Å². The number of ketones is 1. The molecule has 2 N–H and O–H groups in total. The van der Waals surface area contributed by atoms with E-state index in [-0.39, 0.29) is 11.8 Å². The van der Waals surface area contributed by atoms with Gasteiger partial charge in [0, 0.05) is 18.3 Å². The summed E-state index contributed by atoms with van der Waals surface area (Å²) in [5.74, 6) is 2.19. The highest BCUT2D eigenvalue weighted by Crippen LogP contribution is 2.67. The molecule has 0 saturated heterocycles. The number of hydrogen-bond donors (Lipinski definition) is 2. The normalized spacial score (nSPS) is 44.9. The molecule has 3 fully saturated rings. The molecule has 7 atom stereocenters. The molecule has 0 bridgehead atoms. The minimum atomic E-state index is -0.948. The smallest absolute Gasteiger partial charge is 0.303 e. The van der Waals surface area contributed by atoms with E-state index in [9.17, 15) is 14.7 Å². The predicted molar refractivity (Wildman–Crippen MR) is 108 cm³/mol. The molecule has 0 aliphatic heterocycles. The van der Waals surface area contributed by atoms with Crippen LogP contribution in [0, 0.1) is 35.0 Å². The lowest BCUT2D eigenvalue weighted by Gasteiger charge is -2.58. The van der Waals surface area contributed by atoms with Crippen LogP contribution in [0.2, 0.25) is 0 Å². The summed E-state index contributed by atoms with van der Waals surface area (Å²) in [6, 6.07) is 0. The Morgan fingerprint density at radius 3 is 2.71 bits per heavy atom. The fourth-order valence-corrected chi connectivity index (χ4v) is 7.65. The van der Waals surface area contributed by atoms with Gasteiger partial charge in [-0.2, -0.15) is 0 Å². The average molecular weight is 387 g/mol. The summed E-state index contributed by atoms with van der Waals surface area (Å²) < 4.78 is 0. The lowest BCUT2D eigenvalue weighted by molar-refractivity contribution is -0.137. The van der Waals surface area contributed by atoms with Crippen LogP contribution in [-0.4, -0.2) is 27.6 Å². The molecule has 3 saturated carbocycles. The van der Waals surface area contributed by atoms with Crippen LogP contribution < -0.4 is 0 Å². The van der Waals surface area contributed by atoms with Crippen molar-refractivity contribution in [2.75, 3.05) is 0 Å². The molecular weight excluding hydrogens is 352 g/mol. The van der Waals surface area contributed by atoms with Crippen LogP contribution in [0.15, 0.2) is 23.8 Å². The van der Waals surface area contributed by atoms with Gasteiger partial charge in [0.2, 0.25) is 0 Å². The van der Waals surface area contributed by atoms with Crippen molar-refractivity contribution in [1.82, 2.24) is 0 Å². The maximum absolute atomic E-state index is 11.9. The van der Waals surface area contributed by atoms with Gasteiger partial charge in [0.15, 0.2) is 5.78 Å². The molecule has 0 aromatic rings. The maximum atomic E-state index is 11.9. The zero-order valence-corrected chi connectivity index (χ0v) is 17.2. The van der Waals surface area contributed by atoms with E-state index in [1.807, 2.05) is 6.08 Å². The average Bonchev–Trinajstić information content (AvgIpc) is 2.91. The number of carbonyl (C=O) groups excluding carboxylic acids is 1. The Labute approximate surface area is 168 Å². The standard InChI is InChI=1S/C24H34O4/c1-14-12-16-13-17(25)5-6-18(16)19-8-10-23(3)20(22(14)19)9-11-24(23,28)15(2)4-7-21(26)27/h13-14,18-20,22,28H,2,4-12H2,1,3H3,(H,26,27)/t14-,18+,19-,20+,22-,23+,24-/m1/s1. The molecule has 4 nitrogen and oxygen atoms in total. The molecule has 28 heavy (non-hydrogen) atoms. The highest BCUT2D eigenvalue weighted by Gasteiger charge is 2.63. The van der Waals surface area contributed by atoms with Gasteiger partial charge in [-0.3, -0.25) is 9.59 Å². The number of aliphatic carboxylic acids is 1. The van der Waals surface area contributed by atoms with E-state index in [0.717, 1.165) is 32.1 Å². The Morgan fingerprint density at radius 1 is 1.25 bits per heavy atom. The Balaban J connectivity index is 1.61. The molecule has 4 heteroatoms. The Kier molecular flexibility index (Phi) is 4.85. The summed E-state index contributed by atoms with van der Waals surface area (Å²) in [4.78, 5) is 22.9. The molecule has 0 aromatic heterocycles. The SMILES string of the molecule is C=C(CCC(=O)O)[C@]1(O)CC[C@H]2[C@H]3[C@H](CC[C@@]21C)[C@H]1CCC(=O)C=C1C[C@H]3C. The van der Waals surface area contributed by atoms with Crippen molar-refractivity contribution in [1.29, 1.82) is 0 Å². The van der Waals surface area contributed by atoms with Crippen molar-refractivity contribution < 1.29 is 19.8 Å². The second-order valence-electron chi connectivity index (χ2n) is 10.2. The monoisotopic (exact) mass is 386 g/mol. The van der Waals surface area contributed by atoms with Crippen LogP contribution in [0.4, 0.5) is 0 Å². The number of carbonyl (C=O) groups is 2. The molecule has 0 radical (unpaired) electrons. The van der Waals surface area contributed by atoms with Gasteiger partial charge in [0.1, 0.15) is 0 Å². The lowest BCUT2D eigenvalue weighted by Crippen LogP contribution is -2.55. The van der Waals surface area contributed by atoms with Gasteiger partial charge in [-0.25, -0.2) is 0 Å². The minimum Gasteiger partial charge on any atom is -0.481 e. The van der Waals surface area contributed by atoms with E-state index in [4.69, 9.17) is 5.11 Å². The van der Waals surface area contributed by atoms with Crippen LogP contribution in [-0.2, 0) is 9.59 Å². The van der Waals surface area contributed by atoms with Crippen molar-refractivity contribution >= 4 is 11.8 Å². The molecule has 4 aliphatic rings. The molecule has 0 spiro atoms. The van der Waals surface area contributed by atoms with Gasteiger partial charge in [-0.15, -0.1) is 0 Å². The summed E-state index contributed by atoms with van der Waals surface area (Å²) in [6.45, 7) is 8.71. The first-order valence-electron chi connectivity index (χ1n) is 11.0. The van der Waals surface area contributed by atoms with Crippen LogP contribution in [0.5, 0.6) is 0 Å². The van der Waals surface area contributed by atoms with Gasteiger partial charge in [0.05, 0.1) is 5.60 Å². The van der Waals surface area contributed by atoms with Crippen LogP contribution in [0.1, 0.15) is 71.6 Å². The molecule has 4 aliphatic carbocycles. The Bertz CT molecular complexity index is 737. The van der Waals surface area contributed by atoms with Gasteiger partial charge < -0.3 is 10.2 Å². The van der Waals surface area contributed by atoms with E-state index in [1.54, 1.807) is 0 Å². The molecule has 0 aromatic carbocycles. The predicted octanol–water partition coefficient (Wildman–Crippen LogP) is 4.53. The summed E-state index contributed by atoms with van der Waals surface area (Å²) in [6.07, 6.45) is 8.78. The van der Waals surface area contributed by atoms with Gasteiger partial charge >= 0.3 is 5.97 Å². The second-order valence-corrected chi connectivity index (χ2v) is 10.2. The topological polar surface area (TPSA) is 74.6 Å². The van der Waals surface area contributed by atoms with Crippen molar-refractivity contribution in [3.05, 3.63) is 23.8 Å². The minimum absolute atomic E-state index is 0.0363. The summed E-state index contributed by atoms with van der Waals surface area (Å²) >= 11 is 0. The van der Waals surface area contributed by atoms with Gasteiger partial charge in [-0.1, -0.05) is 26.0 Å². The van der Waals surface area contributed by atoms with Crippen LogP contribution in [0.25, 0.3) is 0 Å². The highest BCUT2D eigenvalue weighted by atomic mass is 16.4. The zero-order chi connectivity index (χ0) is 20.3. The molecule has 0 unspecified atom stereocenters. The third-order valence-electron chi connectivity index (χ3n) is 9.02. The number of fused-ring (bicyclic) bond motifs is 5. The number of carboxylic acid groups (broad SMARTS) is 1. The highest BCUT2D eigenvalue weighted by molar-refractivity contribution is 5.91. The van der Waals surface area contributed by atoms with E-state index in [2.05, 4.69) is 20.4 Å². The van der Waals surface area contributed by atoms with E-state index in [0.29, 0.717) is 60.2 Å². The maximum Gasteiger partial charge on any atom is 0.303 e. The van der Waals surface area contributed by atoms with Gasteiger partial charge in [-0.05, 0) is 86.2 Å².